The first-order valence-electron chi connectivity index (χ1n) is 10.2. The zero-order valence-electron chi connectivity index (χ0n) is 18.6. The standard InChI is InChI=1S/C20H24FN9O4/c1-4-14(28-20(32)33)10(2)26-18-13(21)8-12(16(22)31)17(29-18)27-11-7-15(19(34-3)23-9-11)30-24-5-6-25-30/h5-10,14,28H,4H2,1-3H3,(H2,22,31)(H,32,33)(H2,26,27,29)/t10-,14+/m1/s1. The summed E-state index contributed by atoms with van der Waals surface area (Å²) in [5.41, 5.74) is 6.00. The van der Waals surface area contributed by atoms with Crippen LogP contribution in [0.1, 0.15) is 30.6 Å². The summed E-state index contributed by atoms with van der Waals surface area (Å²) in [6.45, 7) is 3.46. The third kappa shape index (κ3) is 5.46. The van der Waals surface area contributed by atoms with Crippen LogP contribution in [0.5, 0.6) is 5.88 Å². The molecule has 2 atom stereocenters. The van der Waals surface area contributed by atoms with Gasteiger partial charge in [-0.15, -0.1) is 4.80 Å². The van der Waals surface area contributed by atoms with Gasteiger partial charge in [-0.25, -0.2) is 19.2 Å². The molecule has 13 nitrogen and oxygen atoms in total. The Morgan fingerprint density at radius 3 is 2.56 bits per heavy atom. The van der Waals surface area contributed by atoms with Crippen molar-refractivity contribution >= 4 is 29.3 Å². The predicted octanol–water partition coefficient (Wildman–Crippen LogP) is 1.89. The third-order valence-electron chi connectivity index (χ3n) is 4.88. The number of amides is 2. The van der Waals surface area contributed by atoms with E-state index >= 15 is 0 Å². The molecule has 3 aromatic rings. The van der Waals surface area contributed by atoms with Crippen molar-refractivity contribution in [3.8, 4) is 11.6 Å². The van der Waals surface area contributed by atoms with Crippen LogP contribution in [0.25, 0.3) is 5.69 Å². The summed E-state index contributed by atoms with van der Waals surface area (Å²) in [4.78, 5) is 32.6. The van der Waals surface area contributed by atoms with Gasteiger partial charge in [-0.3, -0.25) is 4.79 Å². The molecule has 0 saturated heterocycles. The molecule has 3 rings (SSSR count). The number of primary amides is 1. The maximum atomic E-state index is 14.7. The first-order chi connectivity index (χ1) is 16.2. The molecule has 0 spiro atoms. The van der Waals surface area contributed by atoms with Gasteiger partial charge in [0.2, 0.25) is 5.88 Å². The predicted molar refractivity (Wildman–Crippen MR) is 120 cm³/mol. The van der Waals surface area contributed by atoms with Crippen molar-refractivity contribution < 1.29 is 23.8 Å². The van der Waals surface area contributed by atoms with Gasteiger partial charge >= 0.3 is 6.09 Å². The summed E-state index contributed by atoms with van der Waals surface area (Å²) >= 11 is 0. The maximum Gasteiger partial charge on any atom is 0.404 e. The first kappa shape index (κ1) is 24.2. The Morgan fingerprint density at radius 1 is 1.26 bits per heavy atom. The largest absolute Gasteiger partial charge is 0.479 e. The molecule has 0 unspecified atom stereocenters. The number of methoxy groups -OCH3 is 1. The Hall–Kier alpha value is -4.49. The minimum absolute atomic E-state index is 0.0332. The average molecular weight is 473 g/mol. The normalized spacial score (nSPS) is 12.5. The van der Waals surface area contributed by atoms with E-state index in [1.807, 2.05) is 0 Å². The van der Waals surface area contributed by atoms with Gasteiger partial charge in [-0.05, 0) is 25.5 Å². The highest BCUT2D eigenvalue weighted by Gasteiger charge is 2.22. The molecule has 0 radical (unpaired) electrons. The molecule has 0 fully saturated rings. The fourth-order valence-electron chi connectivity index (χ4n) is 3.22. The van der Waals surface area contributed by atoms with Crippen molar-refractivity contribution in [1.29, 1.82) is 0 Å². The SMILES string of the molecule is CC[C@H](NC(=O)O)[C@@H](C)Nc1nc(Nc2cnc(OC)c(-n3nccn3)c2)c(C(N)=O)cc1F. The van der Waals surface area contributed by atoms with E-state index in [2.05, 4.69) is 36.1 Å². The zero-order chi connectivity index (χ0) is 24.8. The van der Waals surface area contributed by atoms with Crippen LogP contribution in [-0.4, -0.2) is 61.3 Å². The lowest BCUT2D eigenvalue weighted by atomic mass is 10.1. The van der Waals surface area contributed by atoms with Crippen molar-refractivity contribution in [2.75, 3.05) is 17.7 Å². The van der Waals surface area contributed by atoms with E-state index in [1.165, 1.54) is 30.5 Å². The number of carbonyl (C=O) groups is 2. The molecule has 14 heteroatoms. The van der Waals surface area contributed by atoms with Gasteiger partial charge in [0.25, 0.3) is 5.91 Å². The average Bonchev–Trinajstić information content (AvgIpc) is 3.33. The van der Waals surface area contributed by atoms with E-state index in [9.17, 15) is 14.0 Å². The zero-order valence-corrected chi connectivity index (χ0v) is 18.6. The van der Waals surface area contributed by atoms with E-state index in [1.54, 1.807) is 19.9 Å². The molecule has 3 heterocycles. The van der Waals surface area contributed by atoms with Crippen LogP contribution in [0.4, 0.5) is 26.5 Å². The van der Waals surface area contributed by atoms with Gasteiger partial charge in [-0.1, -0.05) is 6.92 Å². The second-order valence-corrected chi connectivity index (χ2v) is 7.17. The molecule has 2 amide bonds. The number of nitrogens with zero attached hydrogens (tertiary/aromatic N) is 5. The Kier molecular flexibility index (Phi) is 7.40. The number of pyridine rings is 2. The topological polar surface area (TPSA) is 182 Å². The van der Waals surface area contributed by atoms with Crippen LogP contribution in [0.2, 0.25) is 0 Å². The quantitative estimate of drug-likeness (QED) is 0.291. The van der Waals surface area contributed by atoms with E-state index in [-0.39, 0.29) is 23.1 Å². The molecule has 0 aliphatic carbocycles. The van der Waals surface area contributed by atoms with E-state index in [0.717, 1.165) is 6.07 Å². The third-order valence-corrected chi connectivity index (χ3v) is 4.88. The first-order valence-corrected chi connectivity index (χ1v) is 10.2. The molecule has 0 aliphatic heterocycles. The molecule has 34 heavy (non-hydrogen) atoms. The Balaban J connectivity index is 1.96. The number of ether oxygens (including phenoxy) is 1. The Bertz CT molecular complexity index is 1170. The molecule has 180 valence electrons. The van der Waals surface area contributed by atoms with E-state index < -0.39 is 29.9 Å². The minimum atomic E-state index is -1.20. The van der Waals surface area contributed by atoms with E-state index in [4.69, 9.17) is 15.6 Å². The fraction of sp³-hybridized carbons (Fsp3) is 0.300. The summed E-state index contributed by atoms with van der Waals surface area (Å²) < 4.78 is 20.0. The molecule has 0 aliphatic rings. The highest BCUT2D eigenvalue weighted by Crippen LogP contribution is 2.27. The molecule has 0 aromatic carbocycles. The van der Waals surface area contributed by atoms with Crippen LogP contribution in [0.15, 0.2) is 30.7 Å². The number of halogens is 1. The van der Waals surface area contributed by atoms with Crippen LogP contribution in [-0.2, 0) is 0 Å². The number of carboxylic acid groups (broad SMARTS) is 1. The summed E-state index contributed by atoms with van der Waals surface area (Å²) in [7, 11) is 1.44. The molecule has 3 aromatic heterocycles. The number of hydrogen-bond donors (Lipinski definition) is 5. The van der Waals surface area contributed by atoms with Gasteiger partial charge in [0.15, 0.2) is 11.6 Å². The van der Waals surface area contributed by atoms with Crippen molar-refractivity contribution in [1.82, 2.24) is 30.3 Å². The second-order valence-electron chi connectivity index (χ2n) is 7.17. The molecule has 0 saturated carbocycles. The van der Waals surface area contributed by atoms with Crippen LogP contribution < -0.4 is 26.4 Å². The van der Waals surface area contributed by atoms with Gasteiger partial charge in [0.1, 0.15) is 11.5 Å². The van der Waals surface area contributed by atoms with Crippen molar-refractivity contribution in [2.45, 2.75) is 32.4 Å². The summed E-state index contributed by atoms with van der Waals surface area (Å²) in [6, 6.07) is 1.52. The smallest absolute Gasteiger partial charge is 0.404 e. The minimum Gasteiger partial charge on any atom is -0.479 e. The van der Waals surface area contributed by atoms with Gasteiger partial charge < -0.3 is 31.5 Å². The number of nitrogens with one attached hydrogen (secondary N) is 3. The number of anilines is 3. The highest BCUT2D eigenvalue weighted by molar-refractivity contribution is 5.98. The van der Waals surface area contributed by atoms with Crippen molar-refractivity contribution in [3.05, 3.63) is 42.1 Å². The van der Waals surface area contributed by atoms with Crippen LogP contribution in [0, 0.1) is 5.82 Å². The molecular formula is C20H24FN9O4. The van der Waals surface area contributed by atoms with Crippen LogP contribution in [0.3, 0.4) is 0 Å². The van der Waals surface area contributed by atoms with Gasteiger partial charge in [0, 0.05) is 6.04 Å². The Morgan fingerprint density at radius 2 is 1.97 bits per heavy atom. The number of carbonyl (C=O) groups excluding carboxylic acids is 1. The molecular weight excluding hydrogens is 449 g/mol. The maximum absolute atomic E-state index is 14.7. The van der Waals surface area contributed by atoms with Gasteiger partial charge in [0.05, 0.1) is 43.0 Å². The molecule has 6 N–H and O–H groups in total. The fourth-order valence-corrected chi connectivity index (χ4v) is 3.22. The molecule has 0 bridgehead atoms. The lowest BCUT2D eigenvalue weighted by Crippen LogP contribution is -2.44. The monoisotopic (exact) mass is 473 g/mol. The second kappa shape index (κ2) is 10.4. The lowest BCUT2D eigenvalue weighted by molar-refractivity contribution is 0.100. The Labute approximate surface area is 193 Å². The van der Waals surface area contributed by atoms with E-state index in [0.29, 0.717) is 17.8 Å². The highest BCUT2D eigenvalue weighted by atomic mass is 19.1. The van der Waals surface area contributed by atoms with Gasteiger partial charge in [-0.2, -0.15) is 10.2 Å². The lowest BCUT2D eigenvalue weighted by Gasteiger charge is -2.24. The number of aromatic nitrogens is 5. The van der Waals surface area contributed by atoms with Crippen molar-refractivity contribution in [3.63, 3.8) is 0 Å². The summed E-state index contributed by atoms with van der Waals surface area (Å²) in [5, 5.41) is 25.2. The summed E-state index contributed by atoms with van der Waals surface area (Å²) in [6.07, 6.45) is 3.63. The number of nitrogens with two attached hydrogens (primary N) is 1. The van der Waals surface area contributed by atoms with Crippen LogP contribution >= 0.6 is 0 Å². The van der Waals surface area contributed by atoms with Crippen molar-refractivity contribution in [2.24, 2.45) is 5.73 Å². The summed E-state index contributed by atoms with van der Waals surface area (Å²) in [5.74, 6) is -1.71. The number of hydrogen-bond acceptors (Lipinski definition) is 9. The number of rotatable bonds is 10.